The van der Waals surface area contributed by atoms with E-state index in [2.05, 4.69) is 10.6 Å². The molecule has 0 rings (SSSR count). The summed E-state index contributed by atoms with van der Waals surface area (Å²) in [6, 6.07) is -2.39. The summed E-state index contributed by atoms with van der Waals surface area (Å²) in [6.45, 7) is 5.53. The second-order valence-electron chi connectivity index (χ2n) is 4.95. The van der Waals surface area contributed by atoms with Gasteiger partial charge in [0.15, 0.2) is 0 Å². The van der Waals surface area contributed by atoms with Gasteiger partial charge in [0.25, 0.3) is 0 Å². The molecule has 8 nitrogen and oxygen atoms in total. The van der Waals surface area contributed by atoms with Gasteiger partial charge < -0.3 is 25.6 Å². The Balaban J connectivity index is 4.46. The fourth-order valence-electron chi connectivity index (χ4n) is 1.02. The van der Waals surface area contributed by atoms with Crippen molar-refractivity contribution in [3.63, 3.8) is 0 Å². The lowest BCUT2D eigenvalue weighted by Crippen LogP contribution is -2.53. The summed E-state index contributed by atoms with van der Waals surface area (Å²) in [5, 5.41) is 21.9. The summed E-state index contributed by atoms with van der Waals surface area (Å²) in [6.07, 6.45) is -0.871. The van der Waals surface area contributed by atoms with Crippen molar-refractivity contribution in [3.05, 3.63) is 0 Å². The zero-order valence-electron chi connectivity index (χ0n) is 11.4. The average molecular weight is 276 g/mol. The molecule has 0 aliphatic carbocycles. The van der Waals surface area contributed by atoms with Crippen LogP contribution in [0.2, 0.25) is 0 Å². The number of hydrogen-bond donors (Lipinski definition) is 4. The summed E-state index contributed by atoms with van der Waals surface area (Å²) < 4.78 is 4.92. The molecule has 0 saturated carbocycles. The van der Waals surface area contributed by atoms with Crippen LogP contribution in [-0.2, 0) is 14.3 Å². The van der Waals surface area contributed by atoms with Crippen LogP contribution in [0.15, 0.2) is 0 Å². The van der Waals surface area contributed by atoms with Gasteiger partial charge in [-0.3, -0.25) is 9.59 Å². The van der Waals surface area contributed by atoms with Gasteiger partial charge >= 0.3 is 12.1 Å². The monoisotopic (exact) mass is 276 g/mol. The third-order valence-corrected chi connectivity index (χ3v) is 1.92. The van der Waals surface area contributed by atoms with Gasteiger partial charge in [-0.05, 0) is 27.7 Å². The summed E-state index contributed by atoms with van der Waals surface area (Å²) in [5.74, 6) is -2.02. The van der Waals surface area contributed by atoms with E-state index in [1.54, 1.807) is 20.8 Å². The molecule has 19 heavy (non-hydrogen) atoms. The highest BCUT2D eigenvalue weighted by Crippen LogP contribution is 2.06. The maximum atomic E-state index is 11.6. The van der Waals surface area contributed by atoms with Crippen LogP contribution in [0, 0.1) is 0 Å². The van der Waals surface area contributed by atoms with E-state index in [0.717, 1.165) is 0 Å². The van der Waals surface area contributed by atoms with Crippen molar-refractivity contribution in [1.29, 1.82) is 0 Å². The number of carboxylic acid groups (broad SMARTS) is 1. The minimum atomic E-state index is -1.27. The number of carbonyl (C=O) groups excluding carboxylic acids is 2. The Morgan fingerprint density at radius 2 is 1.74 bits per heavy atom. The fourth-order valence-corrected chi connectivity index (χ4v) is 1.02. The van der Waals surface area contributed by atoms with Gasteiger partial charge in [0.05, 0.1) is 6.61 Å². The molecular formula is C11H20N2O6. The molecule has 0 bridgehead atoms. The quantitative estimate of drug-likeness (QED) is 0.534. The highest BCUT2D eigenvalue weighted by molar-refractivity contribution is 5.89. The van der Waals surface area contributed by atoms with Gasteiger partial charge in [-0.15, -0.1) is 0 Å². The molecule has 0 aromatic heterocycles. The Bertz CT molecular complexity index is 350. The average Bonchev–Trinajstić information content (AvgIpc) is 2.22. The van der Waals surface area contributed by atoms with Crippen LogP contribution in [0.4, 0.5) is 4.79 Å². The molecule has 0 aromatic rings. The fraction of sp³-hybridized carbons (Fsp3) is 0.727. The number of hydrogen-bond acceptors (Lipinski definition) is 5. The van der Waals surface area contributed by atoms with E-state index in [-0.39, 0.29) is 0 Å². The van der Waals surface area contributed by atoms with Crippen LogP contribution in [0.25, 0.3) is 0 Å². The zero-order valence-corrected chi connectivity index (χ0v) is 11.4. The number of amides is 2. The van der Waals surface area contributed by atoms with Crippen LogP contribution in [-0.4, -0.2) is 52.5 Å². The number of carbonyl (C=O) groups is 3. The number of ether oxygens (including phenoxy) is 1. The molecule has 2 amide bonds. The van der Waals surface area contributed by atoms with Crippen LogP contribution >= 0.6 is 0 Å². The van der Waals surface area contributed by atoms with Crippen LogP contribution in [0.5, 0.6) is 0 Å². The molecule has 0 heterocycles. The topological polar surface area (TPSA) is 125 Å². The molecule has 0 fully saturated rings. The van der Waals surface area contributed by atoms with Crippen LogP contribution < -0.4 is 10.6 Å². The first kappa shape index (κ1) is 17.2. The predicted molar refractivity (Wildman–Crippen MR) is 65.5 cm³/mol. The van der Waals surface area contributed by atoms with Crippen molar-refractivity contribution < 1.29 is 29.3 Å². The van der Waals surface area contributed by atoms with Crippen molar-refractivity contribution in [2.24, 2.45) is 0 Å². The van der Waals surface area contributed by atoms with Gasteiger partial charge in [-0.2, -0.15) is 0 Å². The molecule has 0 aliphatic rings. The van der Waals surface area contributed by atoms with Crippen molar-refractivity contribution in [3.8, 4) is 0 Å². The molecule has 0 unspecified atom stereocenters. The Kier molecular flexibility index (Phi) is 6.26. The second kappa shape index (κ2) is 6.93. The highest BCUT2D eigenvalue weighted by Gasteiger charge is 2.25. The van der Waals surface area contributed by atoms with E-state index < -0.39 is 42.3 Å². The molecule has 0 radical (unpaired) electrons. The summed E-state index contributed by atoms with van der Waals surface area (Å²) in [4.78, 5) is 33.6. The normalized spacial score (nSPS) is 14.2. The Morgan fingerprint density at radius 1 is 1.21 bits per heavy atom. The largest absolute Gasteiger partial charge is 0.480 e. The van der Waals surface area contributed by atoms with Gasteiger partial charge in [-0.25, -0.2) is 4.79 Å². The zero-order chi connectivity index (χ0) is 15.2. The number of aliphatic hydroxyl groups excluding tert-OH is 1. The predicted octanol–water partition coefficient (Wildman–Crippen LogP) is -0.539. The van der Waals surface area contributed by atoms with E-state index >= 15 is 0 Å². The third kappa shape index (κ3) is 7.24. The Labute approximate surface area is 111 Å². The minimum absolute atomic E-state index is 0.669. The molecule has 8 heteroatoms. The third-order valence-electron chi connectivity index (χ3n) is 1.92. The van der Waals surface area contributed by atoms with Crippen LogP contribution in [0.1, 0.15) is 27.7 Å². The molecule has 0 spiro atoms. The number of rotatable bonds is 5. The maximum absolute atomic E-state index is 11.6. The molecule has 0 aromatic carbocycles. The van der Waals surface area contributed by atoms with Crippen molar-refractivity contribution in [2.75, 3.05) is 6.61 Å². The van der Waals surface area contributed by atoms with Crippen molar-refractivity contribution in [2.45, 2.75) is 45.4 Å². The SMILES string of the molecule is C[C@H](NC(=O)[C@H](CO)NC(=O)OC(C)(C)C)C(=O)O. The van der Waals surface area contributed by atoms with Crippen molar-refractivity contribution >= 4 is 18.0 Å². The smallest absolute Gasteiger partial charge is 0.408 e. The van der Waals surface area contributed by atoms with E-state index in [0.29, 0.717) is 0 Å². The number of aliphatic carboxylic acids is 1. The van der Waals surface area contributed by atoms with Gasteiger partial charge in [0.2, 0.25) is 5.91 Å². The lowest BCUT2D eigenvalue weighted by molar-refractivity contribution is -0.141. The minimum Gasteiger partial charge on any atom is -0.480 e. The van der Waals surface area contributed by atoms with E-state index in [4.69, 9.17) is 14.9 Å². The molecule has 0 saturated heterocycles. The maximum Gasteiger partial charge on any atom is 0.408 e. The lowest BCUT2D eigenvalue weighted by Gasteiger charge is -2.22. The first-order chi connectivity index (χ1) is 8.56. The summed E-state index contributed by atoms with van der Waals surface area (Å²) in [5.41, 5.74) is -0.741. The Hall–Kier alpha value is -1.83. The highest BCUT2D eigenvalue weighted by atomic mass is 16.6. The van der Waals surface area contributed by atoms with Crippen molar-refractivity contribution in [1.82, 2.24) is 10.6 Å². The molecule has 4 N–H and O–H groups in total. The molecule has 0 aliphatic heterocycles. The van der Waals surface area contributed by atoms with E-state index in [9.17, 15) is 14.4 Å². The number of alkyl carbamates (subject to hydrolysis) is 1. The Morgan fingerprint density at radius 3 is 2.11 bits per heavy atom. The van der Waals surface area contributed by atoms with Gasteiger partial charge in [0.1, 0.15) is 17.7 Å². The number of carboxylic acids is 1. The van der Waals surface area contributed by atoms with Gasteiger partial charge in [0, 0.05) is 0 Å². The standard InChI is InChI=1S/C11H20N2O6/c1-6(9(16)17)12-8(15)7(5-14)13-10(18)19-11(2,3)4/h6-7,14H,5H2,1-4H3,(H,12,15)(H,13,18)(H,16,17)/t6-,7-/m0/s1. The molecule has 110 valence electrons. The molecule has 2 atom stereocenters. The summed E-state index contributed by atoms with van der Waals surface area (Å²) >= 11 is 0. The summed E-state index contributed by atoms with van der Waals surface area (Å²) in [7, 11) is 0. The number of nitrogens with one attached hydrogen (secondary N) is 2. The molecular weight excluding hydrogens is 256 g/mol. The van der Waals surface area contributed by atoms with Crippen LogP contribution in [0.3, 0.4) is 0 Å². The van der Waals surface area contributed by atoms with E-state index in [1.165, 1.54) is 6.92 Å². The second-order valence-corrected chi connectivity index (χ2v) is 4.95. The lowest BCUT2D eigenvalue weighted by atomic mass is 10.2. The first-order valence-corrected chi connectivity index (χ1v) is 5.70. The number of aliphatic hydroxyl groups is 1. The van der Waals surface area contributed by atoms with Gasteiger partial charge in [-0.1, -0.05) is 0 Å². The first-order valence-electron chi connectivity index (χ1n) is 5.70. The van der Waals surface area contributed by atoms with E-state index in [1.807, 2.05) is 0 Å².